The van der Waals surface area contributed by atoms with Crippen LogP contribution in [0.15, 0.2) is 30.3 Å². The van der Waals surface area contributed by atoms with E-state index in [0.29, 0.717) is 39.3 Å². The topological polar surface area (TPSA) is 105 Å². The Kier molecular flexibility index (Phi) is 8.46. The molecular formula is C21H32N4O5. The molecule has 1 aromatic carbocycles. The molecule has 1 aliphatic heterocycles. The van der Waals surface area contributed by atoms with Gasteiger partial charge in [0.2, 0.25) is 5.91 Å². The van der Waals surface area contributed by atoms with Crippen LogP contribution in [-0.2, 0) is 20.9 Å². The van der Waals surface area contributed by atoms with Gasteiger partial charge in [-0.05, 0) is 26.3 Å². The Labute approximate surface area is 177 Å². The van der Waals surface area contributed by atoms with Crippen molar-refractivity contribution in [2.45, 2.75) is 33.0 Å². The summed E-state index contributed by atoms with van der Waals surface area (Å²) in [7, 11) is 0. The normalized spacial score (nSPS) is 14.8. The van der Waals surface area contributed by atoms with Crippen molar-refractivity contribution in [2.24, 2.45) is 5.73 Å². The van der Waals surface area contributed by atoms with Gasteiger partial charge in [-0.1, -0.05) is 30.3 Å². The van der Waals surface area contributed by atoms with Crippen molar-refractivity contribution in [1.82, 2.24) is 14.7 Å². The van der Waals surface area contributed by atoms with E-state index in [2.05, 4.69) is 4.90 Å². The Bertz CT molecular complexity index is 712. The lowest BCUT2D eigenvalue weighted by Crippen LogP contribution is -2.51. The molecule has 1 heterocycles. The largest absolute Gasteiger partial charge is 0.445 e. The van der Waals surface area contributed by atoms with Crippen molar-refractivity contribution >= 4 is 18.1 Å². The van der Waals surface area contributed by atoms with E-state index in [1.165, 1.54) is 4.90 Å². The minimum Gasteiger partial charge on any atom is -0.445 e. The van der Waals surface area contributed by atoms with E-state index >= 15 is 0 Å². The molecule has 0 aromatic heterocycles. The summed E-state index contributed by atoms with van der Waals surface area (Å²) < 4.78 is 10.7. The van der Waals surface area contributed by atoms with E-state index in [9.17, 15) is 14.4 Å². The third kappa shape index (κ3) is 8.28. The number of carbonyl (C=O) groups is 3. The molecule has 0 atom stereocenters. The molecule has 0 aliphatic carbocycles. The smallest absolute Gasteiger partial charge is 0.410 e. The van der Waals surface area contributed by atoms with Crippen molar-refractivity contribution in [3.63, 3.8) is 0 Å². The van der Waals surface area contributed by atoms with Crippen molar-refractivity contribution in [3.05, 3.63) is 35.9 Å². The van der Waals surface area contributed by atoms with Gasteiger partial charge in [-0.3, -0.25) is 14.6 Å². The van der Waals surface area contributed by atoms with Gasteiger partial charge in [0, 0.05) is 39.3 Å². The van der Waals surface area contributed by atoms with E-state index < -0.39 is 17.6 Å². The lowest BCUT2D eigenvalue weighted by molar-refractivity contribution is -0.119. The monoisotopic (exact) mass is 420 g/mol. The molecule has 2 N–H and O–H groups in total. The van der Waals surface area contributed by atoms with Crippen LogP contribution in [0, 0.1) is 0 Å². The van der Waals surface area contributed by atoms with Gasteiger partial charge >= 0.3 is 12.2 Å². The van der Waals surface area contributed by atoms with Crippen LogP contribution in [0.1, 0.15) is 26.3 Å². The average Bonchev–Trinajstić information content (AvgIpc) is 2.69. The van der Waals surface area contributed by atoms with Crippen LogP contribution in [0.25, 0.3) is 0 Å². The maximum absolute atomic E-state index is 12.3. The van der Waals surface area contributed by atoms with E-state index in [4.69, 9.17) is 15.2 Å². The average molecular weight is 421 g/mol. The van der Waals surface area contributed by atoms with Gasteiger partial charge in [0.05, 0.1) is 0 Å². The molecule has 30 heavy (non-hydrogen) atoms. The van der Waals surface area contributed by atoms with Crippen LogP contribution in [0.5, 0.6) is 0 Å². The molecule has 2 rings (SSSR count). The summed E-state index contributed by atoms with van der Waals surface area (Å²) in [5, 5.41) is 0. The quantitative estimate of drug-likeness (QED) is 0.719. The minimum absolute atomic E-state index is 0.194. The number of nitrogens with zero attached hydrogens (tertiary/aromatic N) is 3. The van der Waals surface area contributed by atoms with Gasteiger partial charge in [-0.15, -0.1) is 0 Å². The number of primary amides is 1. The Morgan fingerprint density at radius 1 is 1.07 bits per heavy atom. The number of rotatable bonds is 7. The van der Waals surface area contributed by atoms with E-state index in [-0.39, 0.29) is 19.2 Å². The van der Waals surface area contributed by atoms with Gasteiger partial charge in [0.15, 0.2) is 0 Å². The Morgan fingerprint density at radius 3 is 2.27 bits per heavy atom. The summed E-state index contributed by atoms with van der Waals surface area (Å²) in [4.78, 5) is 41.0. The third-order valence-corrected chi connectivity index (χ3v) is 4.52. The van der Waals surface area contributed by atoms with Crippen LogP contribution in [0.3, 0.4) is 0 Å². The highest BCUT2D eigenvalue weighted by molar-refractivity contribution is 5.80. The molecular weight excluding hydrogens is 388 g/mol. The number of carbonyl (C=O) groups excluding carboxylic acids is 3. The predicted octanol–water partition coefficient (Wildman–Crippen LogP) is 1.66. The molecule has 1 aromatic rings. The SMILES string of the molecule is CC(C)(C)OC(=O)N(CCN1CCN(C(=O)OCc2ccccc2)CC1)CC(N)=O. The standard InChI is InChI=1S/C21H32N4O5/c1-21(2,3)30-20(28)25(15-18(22)26)14-11-23-9-12-24(13-10-23)19(27)29-16-17-7-5-4-6-8-17/h4-8H,9-16H2,1-3H3,(H2,22,26). The number of piperazine rings is 1. The molecule has 166 valence electrons. The van der Waals surface area contributed by atoms with Crippen LogP contribution in [0.4, 0.5) is 9.59 Å². The van der Waals surface area contributed by atoms with Crippen molar-refractivity contribution in [2.75, 3.05) is 45.8 Å². The molecule has 0 unspecified atom stereocenters. The molecule has 0 spiro atoms. The first-order valence-corrected chi connectivity index (χ1v) is 10.1. The molecule has 1 saturated heterocycles. The molecule has 1 aliphatic rings. The number of amides is 3. The second-order valence-corrected chi connectivity index (χ2v) is 8.24. The number of hydrogen-bond acceptors (Lipinski definition) is 6. The molecule has 1 fully saturated rings. The van der Waals surface area contributed by atoms with Gasteiger partial charge in [0.25, 0.3) is 0 Å². The summed E-state index contributed by atoms with van der Waals surface area (Å²) in [5.41, 5.74) is 5.56. The highest BCUT2D eigenvalue weighted by Crippen LogP contribution is 2.11. The first-order chi connectivity index (χ1) is 14.1. The Morgan fingerprint density at radius 2 is 1.70 bits per heavy atom. The summed E-state index contributed by atoms with van der Waals surface area (Å²) in [6.07, 6.45) is -0.896. The summed E-state index contributed by atoms with van der Waals surface area (Å²) in [6.45, 7) is 8.61. The summed E-state index contributed by atoms with van der Waals surface area (Å²) in [6, 6.07) is 9.54. The second kappa shape index (κ2) is 10.8. The zero-order chi connectivity index (χ0) is 22.1. The molecule has 0 saturated carbocycles. The fraction of sp³-hybridized carbons (Fsp3) is 0.571. The highest BCUT2D eigenvalue weighted by atomic mass is 16.6. The van der Waals surface area contributed by atoms with Crippen LogP contribution >= 0.6 is 0 Å². The number of benzene rings is 1. The zero-order valence-corrected chi connectivity index (χ0v) is 18.0. The first-order valence-electron chi connectivity index (χ1n) is 10.1. The highest BCUT2D eigenvalue weighted by Gasteiger charge is 2.26. The summed E-state index contributed by atoms with van der Waals surface area (Å²) >= 11 is 0. The van der Waals surface area contributed by atoms with Crippen molar-refractivity contribution in [3.8, 4) is 0 Å². The minimum atomic E-state index is -0.654. The maximum Gasteiger partial charge on any atom is 0.410 e. The van der Waals surface area contributed by atoms with Gasteiger partial charge in [-0.2, -0.15) is 0 Å². The van der Waals surface area contributed by atoms with E-state index in [1.54, 1.807) is 25.7 Å². The van der Waals surface area contributed by atoms with Crippen molar-refractivity contribution < 1.29 is 23.9 Å². The summed E-state index contributed by atoms with van der Waals surface area (Å²) in [5.74, 6) is -0.591. The molecule has 0 radical (unpaired) electrons. The zero-order valence-electron chi connectivity index (χ0n) is 18.0. The van der Waals surface area contributed by atoms with E-state index in [0.717, 1.165) is 5.56 Å². The Hall–Kier alpha value is -2.81. The molecule has 9 nitrogen and oxygen atoms in total. The molecule has 9 heteroatoms. The third-order valence-electron chi connectivity index (χ3n) is 4.52. The van der Waals surface area contributed by atoms with Gasteiger partial charge in [-0.25, -0.2) is 9.59 Å². The fourth-order valence-corrected chi connectivity index (χ4v) is 2.98. The van der Waals surface area contributed by atoms with Crippen LogP contribution < -0.4 is 5.73 Å². The lowest BCUT2D eigenvalue weighted by Gasteiger charge is -2.35. The van der Waals surface area contributed by atoms with Gasteiger partial charge in [0.1, 0.15) is 18.8 Å². The fourth-order valence-electron chi connectivity index (χ4n) is 2.98. The number of hydrogen-bond donors (Lipinski definition) is 1. The van der Waals surface area contributed by atoms with Crippen LogP contribution in [0.2, 0.25) is 0 Å². The predicted molar refractivity (Wildman–Crippen MR) is 112 cm³/mol. The maximum atomic E-state index is 12.3. The van der Waals surface area contributed by atoms with Gasteiger partial charge < -0.3 is 20.1 Å². The number of nitrogens with two attached hydrogens (primary N) is 1. The van der Waals surface area contributed by atoms with Crippen LogP contribution in [-0.4, -0.2) is 84.2 Å². The molecule has 0 bridgehead atoms. The van der Waals surface area contributed by atoms with E-state index in [1.807, 2.05) is 30.3 Å². The second-order valence-electron chi connectivity index (χ2n) is 8.24. The van der Waals surface area contributed by atoms with Crippen molar-refractivity contribution in [1.29, 1.82) is 0 Å². The number of ether oxygens (including phenoxy) is 2. The Balaban J connectivity index is 1.76. The lowest BCUT2D eigenvalue weighted by atomic mass is 10.2. The first kappa shape index (κ1) is 23.5. The molecule has 3 amide bonds.